The second-order valence-corrected chi connectivity index (χ2v) is 7.13. The first-order valence-corrected chi connectivity index (χ1v) is 7.79. The molecular weight excluding hydrogens is 254 g/mol. The molecule has 0 aliphatic heterocycles. The molecule has 0 saturated carbocycles. The number of hydrogen-bond acceptors (Lipinski definition) is 5. The third-order valence-electron chi connectivity index (χ3n) is 2.79. The lowest BCUT2D eigenvalue weighted by atomic mass is 10.0. The minimum absolute atomic E-state index is 0.0672. The van der Waals surface area contributed by atoms with E-state index in [2.05, 4.69) is 5.32 Å². The standard InChI is InChI=1S/C12H21NO4S/c1-4-18(15,16)8-10(2)13-9-12(3,14)11-6-5-7-17-11/h5-7,10,13-14H,4,8-9H2,1-3H3. The van der Waals surface area contributed by atoms with Crippen LogP contribution in [0, 0.1) is 0 Å². The number of hydrogen-bond donors (Lipinski definition) is 2. The van der Waals surface area contributed by atoms with Crippen LogP contribution in [0.3, 0.4) is 0 Å². The number of aliphatic hydroxyl groups is 1. The van der Waals surface area contributed by atoms with Crippen molar-refractivity contribution in [3.8, 4) is 0 Å². The molecule has 2 N–H and O–H groups in total. The zero-order chi connectivity index (χ0) is 13.8. The van der Waals surface area contributed by atoms with Gasteiger partial charge in [-0.2, -0.15) is 0 Å². The molecule has 104 valence electrons. The molecule has 18 heavy (non-hydrogen) atoms. The third kappa shape index (κ3) is 4.44. The molecule has 2 unspecified atom stereocenters. The fourth-order valence-corrected chi connectivity index (χ4v) is 2.72. The van der Waals surface area contributed by atoms with Crippen LogP contribution in [0.2, 0.25) is 0 Å². The molecule has 0 bridgehead atoms. The van der Waals surface area contributed by atoms with Crippen molar-refractivity contribution >= 4 is 9.84 Å². The van der Waals surface area contributed by atoms with Gasteiger partial charge < -0.3 is 14.8 Å². The molecule has 0 fully saturated rings. The molecule has 0 radical (unpaired) electrons. The fraction of sp³-hybridized carbons (Fsp3) is 0.667. The van der Waals surface area contributed by atoms with Gasteiger partial charge in [-0.25, -0.2) is 8.42 Å². The van der Waals surface area contributed by atoms with Crippen LogP contribution in [0.5, 0.6) is 0 Å². The summed E-state index contributed by atoms with van der Waals surface area (Å²) < 4.78 is 28.0. The number of rotatable bonds is 7. The average Bonchev–Trinajstić information content (AvgIpc) is 2.80. The van der Waals surface area contributed by atoms with Crippen LogP contribution < -0.4 is 5.32 Å². The van der Waals surface area contributed by atoms with E-state index < -0.39 is 15.4 Å². The number of furan rings is 1. The first kappa shape index (κ1) is 15.2. The van der Waals surface area contributed by atoms with Crippen molar-refractivity contribution in [2.24, 2.45) is 0 Å². The van der Waals surface area contributed by atoms with E-state index in [1.807, 2.05) is 0 Å². The van der Waals surface area contributed by atoms with Gasteiger partial charge in [0.05, 0.1) is 12.0 Å². The molecule has 1 aromatic heterocycles. The topological polar surface area (TPSA) is 79.5 Å². The Labute approximate surface area is 108 Å². The lowest BCUT2D eigenvalue weighted by Crippen LogP contribution is -2.42. The van der Waals surface area contributed by atoms with Crippen LogP contribution in [-0.2, 0) is 15.4 Å². The smallest absolute Gasteiger partial charge is 0.151 e. The van der Waals surface area contributed by atoms with Gasteiger partial charge in [-0.15, -0.1) is 0 Å². The predicted octanol–water partition coefficient (Wildman–Crippen LogP) is 0.900. The highest BCUT2D eigenvalue weighted by molar-refractivity contribution is 7.91. The minimum atomic E-state index is -3.01. The fourth-order valence-electron chi connectivity index (χ4n) is 1.60. The Morgan fingerprint density at radius 3 is 2.72 bits per heavy atom. The summed E-state index contributed by atoms with van der Waals surface area (Å²) in [6.45, 7) is 5.27. The molecule has 6 heteroatoms. The van der Waals surface area contributed by atoms with Gasteiger partial charge in [-0.05, 0) is 26.0 Å². The molecule has 1 aromatic rings. The summed E-state index contributed by atoms with van der Waals surface area (Å²) >= 11 is 0. The summed E-state index contributed by atoms with van der Waals surface area (Å²) in [5, 5.41) is 13.2. The van der Waals surface area contributed by atoms with Crippen LogP contribution >= 0.6 is 0 Å². The Kier molecular flexibility index (Phi) is 4.95. The lowest BCUT2D eigenvalue weighted by Gasteiger charge is -2.24. The summed E-state index contributed by atoms with van der Waals surface area (Å²) in [4.78, 5) is 0. The Bertz CT molecular complexity index is 450. The Morgan fingerprint density at radius 2 is 2.22 bits per heavy atom. The van der Waals surface area contributed by atoms with E-state index in [0.29, 0.717) is 5.76 Å². The first-order chi connectivity index (χ1) is 8.27. The molecule has 0 aliphatic carbocycles. The highest BCUT2D eigenvalue weighted by Crippen LogP contribution is 2.19. The molecule has 0 saturated heterocycles. The molecule has 0 spiro atoms. The minimum Gasteiger partial charge on any atom is -0.466 e. The van der Waals surface area contributed by atoms with Gasteiger partial charge in [-0.3, -0.25) is 0 Å². The lowest BCUT2D eigenvalue weighted by molar-refractivity contribution is 0.0326. The maximum atomic E-state index is 11.4. The summed E-state index contributed by atoms with van der Waals surface area (Å²) in [6.07, 6.45) is 1.49. The van der Waals surface area contributed by atoms with Gasteiger partial charge in [-0.1, -0.05) is 6.92 Å². The number of sulfone groups is 1. The molecule has 2 atom stereocenters. The van der Waals surface area contributed by atoms with Crippen LogP contribution in [0.1, 0.15) is 26.5 Å². The zero-order valence-electron chi connectivity index (χ0n) is 11.0. The summed E-state index contributed by atoms with van der Waals surface area (Å²) in [5.74, 6) is 0.659. The van der Waals surface area contributed by atoms with E-state index in [-0.39, 0.29) is 24.1 Å². The monoisotopic (exact) mass is 275 g/mol. The van der Waals surface area contributed by atoms with Gasteiger partial charge in [0.1, 0.15) is 11.4 Å². The molecule has 1 rings (SSSR count). The second kappa shape index (κ2) is 5.86. The van der Waals surface area contributed by atoms with Gasteiger partial charge in [0.15, 0.2) is 9.84 Å². The zero-order valence-corrected chi connectivity index (χ0v) is 11.8. The normalized spacial score (nSPS) is 17.3. The Morgan fingerprint density at radius 1 is 1.56 bits per heavy atom. The number of nitrogens with one attached hydrogen (secondary N) is 1. The predicted molar refractivity (Wildman–Crippen MR) is 70.1 cm³/mol. The second-order valence-electron chi connectivity index (χ2n) is 4.73. The molecule has 0 aromatic carbocycles. The van der Waals surface area contributed by atoms with E-state index in [1.165, 1.54) is 6.26 Å². The molecule has 0 aliphatic rings. The molecule has 0 amide bonds. The van der Waals surface area contributed by atoms with Crippen LogP contribution in [-0.4, -0.2) is 37.6 Å². The van der Waals surface area contributed by atoms with Crippen molar-refractivity contribution in [3.63, 3.8) is 0 Å². The van der Waals surface area contributed by atoms with E-state index >= 15 is 0 Å². The van der Waals surface area contributed by atoms with E-state index in [9.17, 15) is 13.5 Å². The Balaban J connectivity index is 2.50. The van der Waals surface area contributed by atoms with Crippen LogP contribution in [0.4, 0.5) is 0 Å². The molecule has 5 nitrogen and oxygen atoms in total. The van der Waals surface area contributed by atoms with Crippen molar-refractivity contribution in [3.05, 3.63) is 24.2 Å². The van der Waals surface area contributed by atoms with Crippen molar-refractivity contribution < 1.29 is 17.9 Å². The first-order valence-electron chi connectivity index (χ1n) is 5.97. The summed E-state index contributed by atoms with van der Waals surface area (Å²) in [6, 6.07) is 3.18. The molecule has 1 heterocycles. The highest BCUT2D eigenvalue weighted by Gasteiger charge is 2.27. The maximum Gasteiger partial charge on any atom is 0.151 e. The van der Waals surface area contributed by atoms with Crippen molar-refractivity contribution in [1.82, 2.24) is 5.32 Å². The van der Waals surface area contributed by atoms with Crippen molar-refractivity contribution in [2.75, 3.05) is 18.1 Å². The third-order valence-corrected chi connectivity index (χ3v) is 4.68. The van der Waals surface area contributed by atoms with E-state index in [0.717, 1.165) is 0 Å². The van der Waals surface area contributed by atoms with Crippen LogP contribution in [0.25, 0.3) is 0 Å². The summed E-state index contributed by atoms with van der Waals surface area (Å²) in [5.41, 5.74) is -1.15. The largest absolute Gasteiger partial charge is 0.466 e. The van der Waals surface area contributed by atoms with E-state index in [1.54, 1.807) is 32.9 Å². The van der Waals surface area contributed by atoms with Crippen molar-refractivity contribution in [2.45, 2.75) is 32.4 Å². The quantitative estimate of drug-likeness (QED) is 0.773. The maximum absolute atomic E-state index is 11.4. The Hall–Kier alpha value is -0.850. The molecular formula is C12H21NO4S. The summed E-state index contributed by atoms with van der Waals surface area (Å²) in [7, 11) is -3.01. The average molecular weight is 275 g/mol. The SMILES string of the molecule is CCS(=O)(=O)CC(C)NCC(C)(O)c1ccco1. The van der Waals surface area contributed by atoms with Gasteiger partial charge in [0.25, 0.3) is 0 Å². The highest BCUT2D eigenvalue weighted by atomic mass is 32.2. The van der Waals surface area contributed by atoms with Crippen LogP contribution in [0.15, 0.2) is 22.8 Å². The van der Waals surface area contributed by atoms with E-state index in [4.69, 9.17) is 4.42 Å². The van der Waals surface area contributed by atoms with Crippen molar-refractivity contribution in [1.29, 1.82) is 0 Å². The van der Waals surface area contributed by atoms with Gasteiger partial charge in [0, 0.05) is 18.3 Å². The van der Waals surface area contributed by atoms with Gasteiger partial charge in [0.2, 0.25) is 0 Å². The van der Waals surface area contributed by atoms with Gasteiger partial charge >= 0.3 is 0 Å².